The van der Waals surface area contributed by atoms with Gasteiger partial charge >= 0.3 is 5.97 Å². The number of halogens is 1. The first kappa shape index (κ1) is 16.3. The summed E-state index contributed by atoms with van der Waals surface area (Å²) < 4.78 is 5.36. The minimum atomic E-state index is -0.928. The molecular weight excluding hydrogens is 282 g/mol. The van der Waals surface area contributed by atoms with Gasteiger partial charge in [0.1, 0.15) is 5.75 Å². The summed E-state index contributed by atoms with van der Waals surface area (Å²) in [7, 11) is 0. The molecule has 1 rings (SSSR count). The fraction of sp³-hybridized carbons (Fsp3) is 0.429. The molecule has 1 N–H and O–H groups in total. The molecule has 0 bridgehead atoms. The first-order chi connectivity index (χ1) is 9.43. The summed E-state index contributed by atoms with van der Waals surface area (Å²) in [6.45, 7) is 3.83. The third-order valence-electron chi connectivity index (χ3n) is 2.84. The monoisotopic (exact) mass is 299 g/mol. The molecule has 110 valence electrons. The number of carboxylic acids is 1. The molecule has 0 fully saturated rings. The molecule has 1 amide bonds. The fourth-order valence-corrected chi connectivity index (χ4v) is 1.98. The zero-order chi connectivity index (χ0) is 15.1. The van der Waals surface area contributed by atoms with E-state index in [1.54, 1.807) is 38.1 Å². The van der Waals surface area contributed by atoms with E-state index in [-0.39, 0.29) is 25.0 Å². The molecule has 0 aliphatic carbocycles. The lowest BCUT2D eigenvalue weighted by atomic mass is 10.2. The van der Waals surface area contributed by atoms with Gasteiger partial charge in [0.25, 0.3) is 5.91 Å². The standard InChI is InChI=1S/C14H18ClNO4/c1-3-16(10(2)8-14(18)19)13(17)9-20-12-6-4-11(15)5-7-12/h4-7,10H,3,8-9H2,1-2H3,(H,18,19). The Hall–Kier alpha value is -1.75. The number of nitrogens with zero attached hydrogens (tertiary/aromatic N) is 1. The van der Waals surface area contributed by atoms with Gasteiger partial charge < -0.3 is 14.7 Å². The largest absolute Gasteiger partial charge is 0.484 e. The zero-order valence-corrected chi connectivity index (χ0v) is 12.3. The van der Waals surface area contributed by atoms with Crippen LogP contribution in [-0.4, -0.2) is 41.1 Å². The Bertz CT molecular complexity index is 461. The second-order valence-corrected chi connectivity index (χ2v) is 4.81. The molecule has 1 atom stereocenters. The third-order valence-corrected chi connectivity index (χ3v) is 3.09. The van der Waals surface area contributed by atoms with Crippen molar-refractivity contribution in [1.82, 2.24) is 4.90 Å². The number of carboxylic acid groups (broad SMARTS) is 1. The Balaban J connectivity index is 2.54. The van der Waals surface area contributed by atoms with Gasteiger partial charge in [-0.25, -0.2) is 0 Å². The first-order valence-electron chi connectivity index (χ1n) is 6.33. The van der Waals surface area contributed by atoms with Crippen LogP contribution in [0.25, 0.3) is 0 Å². The number of aliphatic carboxylic acids is 1. The number of hydrogen-bond donors (Lipinski definition) is 1. The van der Waals surface area contributed by atoms with Gasteiger partial charge in [-0.15, -0.1) is 0 Å². The first-order valence-corrected chi connectivity index (χ1v) is 6.71. The van der Waals surface area contributed by atoms with Crippen molar-refractivity contribution >= 4 is 23.5 Å². The van der Waals surface area contributed by atoms with E-state index >= 15 is 0 Å². The highest BCUT2D eigenvalue weighted by Gasteiger charge is 2.20. The SMILES string of the molecule is CCN(C(=O)COc1ccc(Cl)cc1)C(C)CC(=O)O. The second-order valence-electron chi connectivity index (χ2n) is 4.37. The van der Waals surface area contributed by atoms with Crippen LogP contribution in [0.3, 0.4) is 0 Å². The molecule has 1 aromatic carbocycles. The fourth-order valence-electron chi connectivity index (χ4n) is 1.86. The highest BCUT2D eigenvalue weighted by atomic mass is 35.5. The van der Waals surface area contributed by atoms with E-state index < -0.39 is 5.97 Å². The van der Waals surface area contributed by atoms with E-state index in [1.165, 1.54) is 4.90 Å². The summed E-state index contributed by atoms with van der Waals surface area (Å²) in [5.41, 5.74) is 0. The number of ether oxygens (including phenoxy) is 1. The van der Waals surface area contributed by atoms with Crippen molar-refractivity contribution in [3.63, 3.8) is 0 Å². The van der Waals surface area contributed by atoms with Crippen LogP contribution in [0.5, 0.6) is 5.75 Å². The van der Waals surface area contributed by atoms with Crippen molar-refractivity contribution in [2.75, 3.05) is 13.2 Å². The quantitative estimate of drug-likeness (QED) is 0.839. The van der Waals surface area contributed by atoms with Gasteiger partial charge in [-0.05, 0) is 38.1 Å². The summed E-state index contributed by atoms with van der Waals surface area (Å²) >= 11 is 5.75. The van der Waals surface area contributed by atoms with Crippen LogP contribution >= 0.6 is 11.6 Å². The van der Waals surface area contributed by atoms with Crippen LogP contribution in [0.2, 0.25) is 5.02 Å². The Labute approximate surface area is 123 Å². The Morgan fingerprint density at radius 1 is 1.35 bits per heavy atom. The maximum atomic E-state index is 12.0. The van der Waals surface area contributed by atoms with Gasteiger partial charge in [-0.3, -0.25) is 9.59 Å². The molecule has 0 aliphatic heterocycles. The lowest BCUT2D eigenvalue weighted by Gasteiger charge is -2.26. The minimum Gasteiger partial charge on any atom is -0.484 e. The maximum Gasteiger partial charge on any atom is 0.305 e. The second kappa shape index (κ2) is 7.75. The van der Waals surface area contributed by atoms with Gasteiger partial charge in [0.2, 0.25) is 0 Å². The van der Waals surface area contributed by atoms with Gasteiger partial charge in [0.05, 0.1) is 6.42 Å². The zero-order valence-electron chi connectivity index (χ0n) is 11.5. The average molecular weight is 300 g/mol. The summed E-state index contributed by atoms with van der Waals surface area (Å²) in [5.74, 6) is -0.622. The number of carbonyl (C=O) groups is 2. The number of likely N-dealkylation sites (N-methyl/N-ethyl adjacent to an activating group) is 1. The van der Waals surface area contributed by atoms with Crippen molar-refractivity contribution in [3.05, 3.63) is 29.3 Å². The molecule has 0 saturated carbocycles. The summed E-state index contributed by atoms with van der Waals surface area (Å²) in [5, 5.41) is 9.35. The molecule has 0 aliphatic rings. The summed E-state index contributed by atoms with van der Waals surface area (Å²) in [4.78, 5) is 24.2. The Morgan fingerprint density at radius 2 is 1.95 bits per heavy atom. The molecule has 20 heavy (non-hydrogen) atoms. The van der Waals surface area contributed by atoms with Crippen molar-refractivity contribution in [3.8, 4) is 5.75 Å². The van der Waals surface area contributed by atoms with Gasteiger partial charge in [-0.1, -0.05) is 11.6 Å². The Morgan fingerprint density at radius 3 is 2.45 bits per heavy atom. The molecule has 6 heteroatoms. The third kappa shape index (κ3) is 5.09. The highest BCUT2D eigenvalue weighted by molar-refractivity contribution is 6.30. The Kier molecular flexibility index (Phi) is 6.31. The van der Waals surface area contributed by atoms with Crippen LogP contribution in [-0.2, 0) is 9.59 Å². The average Bonchev–Trinajstić information content (AvgIpc) is 2.38. The molecule has 0 saturated heterocycles. The molecule has 0 radical (unpaired) electrons. The van der Waals surface area contributed by atoms with Crippen LogP contribution in [0.1, 0.15) is 20.3 Å². The molecule has 0 aromatic heterocycles. The van der Waals surface area contributed by atoms with Crippen molar-refractivity contribution in [2.24, 2.45) is 0 Å². The van der Waals surface area contributed by atoms with Crippen molar-refractivity contribution in [1.29, 1.82) is 0 Å². The van der Waals surface area contributed by atoms with E-state index in [9.17, 15) is 9.59 Å². The normalized spacial score (nSPS) is 11.8. The number of hydrogen-bond acceptors (Lipinski definition) is 3. The molecule has 5 nitrogen and oxygen atoms in total. The van der Waals surface area contributed by atoms with E-state index in [2.05, 4.69) is 0 Å². The molecule has 1 aromatic rings. The molecular formula is C14H18ClNO4. The molecule has 0 heterocycles. The van der Waals surface area contributed by atoms with Crippen LogP contribution in [0, 0.1) is 0 Å². The van der Waals surface area contributed by atoms with E-state index in [0.717, 1.165) is 0 Å². The topological polar surface area (TPSA) is 66.8 Å². The highest BCUT2D eigenvalue weighted by Crippen LogP contribution is 2.15. The van der Waals surface area contributed by atoms with Gasteiger partial charge in [-0.2, -0.15) is 0 Å². The number of benzene rings is 1. The number of amides is 1. The predicted molar refractivity (Wildman–Crippen MR) is 76.0 cm³/mol. The lowest BCUT2D eigenvalue weighted by Crippen LogP contribution is -2.42. The number of carbonyl (C=O) groups excluding carboxylic acids is 1. The van der Waals surface area contributed by atoms with Crippen molar-refractivity contribution < 1.29 is 19.4 Å². The van der Waals surface area contributed by atoms with Gasteiger partial charge in [0, 0.05) is 17.6 Å². The van der Waals surface area contributed by atoms with E-state index in [1.807, 2.05) is 0 Å². The predicted octanol–water partition coefficient (Wildman–Crippen LogP) is 2.43. The minimum absolute atomic E-state index is 0.0828. The van der Waals surface area contributed by atoms with E-state index in [4.69, 9.17) is 21.4 Å². The van der Waals surface area contributed by atoms with Crippen LogP contribution in [0.15, 0.2) is 24.3 Å². The maximum absolute atomic E-state index is 12.0. The van der Waals surface area contributed by atoms with Crippen molar-refractivity contribution in [2.45, 2.75) is 26.3 Å². The lowest BCUT2D eigenvalue weighted by molar-refractivity contribution is -0.141. The van der Waals surface area contributed by atoms with Crippen LogP contribution in [0.4, 0.5) is 0 Å². The van der Waals surface area contributed by atoms with Gasteiger partial charge in [0.15, 0.2) is 6.61 Å². The smallest absolute Gasteiger partial charge is 0.305 e. The molecule has 1 unspecified atom stereocenters. The van der Waals surface area contributed by atoms with E-state index in [0.29, 0.717) is 17.3 Å². The summed E-state index contributed by atoms with van der Waals surface area (Å²) in [6.07, 6.45) is -0.0828. The molecule has 0 spiro atoms. The summed E-state index contributed by atoms with van der Waals surface area (Å²) in [6, 6.07) is 6.33. The number of rotatable bonds is 7. The van der Waals surface area contributed by atoms with Crippen LogP contribution < -0.4 is 4.74 Å².